The van der Waals surface area contributed by atoms with Gasteiger partial charge in [0.2, 0.25) is 0 Å². The molecular formula is C28H31NO3. The average molecular weight is 430 g/mol. The van der Waals surface area contributed by atoms with Crippen molar-refractivity contribution < 1.29 is 14.6 Å². The number of carboxylic acid groups (broad SMARTS) is 1. The summed E-state index contributed by atoms with van der Waals surface area (Å²) in [5.41, 5.74) is 6.47. The van der Waals surface area contributed by atoms with Crippen LogP contribution in [0.2, 0.25) is 0 Å². The van der Waals surface area contributed by atoms with Gasteiger partial charge in [0, 0.05) is 18.9 Å². The molecule has 1 aliphatic rings. The highest BCUT2D eigenvalue weighted by Gasteiger charge is 2.29. The molecule has 166 valence electrons. The molecule has 0 fully saturated rings. The van der Waals surface area contributed by atoms with Gasteiger partial charge in [-0.25, -0.2) is 0 Å². The Kier molecular flexibility index (Phi) is 7.35. The van der Waals surface area contributed by atoms with Gasteiger partial charge in [-0.3, -0.25) is 4.79 Å². The van der Waals surface area contributed by atoms with Crippen LogP contribution in [0.5, 0.6) is 0 Å². The van der Waals surface area contributed by atoms with Gasteiger partial charge in [-0.1, -0.05) is 78.9 Å². The lowest BCUT2D eigenvalue weighted by molar-refractivity contribution is -0.137. The Balaban J connectivity index is 1.58. The molecule has 4 rings (SSSR count). The largest absolute Gasteiger partial charge is 0.481 e. The van der Waals surface area contributed by atoms with Crippen molar-refractivity contribution in [1.29, 1.82) is 0 Å². The summed E-state index contributed by atoms with van der Waals surface area (Å²) >= 11 is 0. The summed E-state index contributed by atoms with van der Waals surface area (Å²) in [6.45, 7) is 2.11. The van der Waals surface area contributed by atoms with Crippen LogP contribution < -0.4 is 0 Å². The fourth-order valence-corrected chi connectivity index (χ4v) is 4.64. The first-order chi connectivity index (χ1) is 15.6. The van der Waals surface area contributed by atoms with Gasteiger partial charge in [-0.15, -0.1) is 0 Å². The van der Waals surface area contributed by atoms with Crippen molar-refractivity contribution in [2.75, 3.05) is 26.7 Å². The predicted molar refractivity (Wildman–Crippen MR) is 127 cm³/mol. The summed E-state index contributed by atoms with van der Waals surface area (Å²) in [6, 6.07) is 28.0. The first-order valence-electron chi connectivity index (χ1n) is 11.4. The number of hydrogen-bond donors (Lipinski definition) is 1. The fourth-order valence-electron chi connectivity index (χ4n) is 4.64. The highest BCUT2D eigenvalue weighted by atomic mass is 16.5. The maximum atomic E-state index is 10.8. The van der Waals surface area contributed by atoms with Crippen molar-refractivity contribution in [3.8, 4) is 0 Å². The number of benzene rings is 3. The summed E-state index contributed by atoms with van der Waals surface area (Å²) in [5.74, 6) is -0.449. The number of ether oxygens (including phenoxy) is 1. The van der Waals surface area contributed by atoms with Crippen LogP contribution in [-0.2, 0) is 16.0 Å². The molecule has 4 heteroatoms. The zero-order valence-corrected chi connectivity index (χ0v) is 18.6. The zero-order valence-electron chi connectivity index (χ0n) is 18.6. The monoisotopic (exact) mass is 429 g/mol. The van der Waals surface area contributed by atoms with Crippen LogP contribution in [0.4, 0.5) is 0 Å². The Morgan fingerprint density at radius 3 is 2.31 bits per heavy atom. The number of carboxylic acids is 1. The van der Waals surface area contributed by atoms with Gasteiger partial charge in [0.1, 0.15) is 6.10 Å². The molecule has 0 aromatic heterocycles. The minimum Gasteiger partial charge on any atom is -0.481 e. The molecule has 0 aliphatic heterocycles. The van der Waals surface area contributed by atoms with E-state index in [2.05, 4.69) is 83.8 Å². The third kappa shape index (κ3) is 5.26. The second kappa shape index (κ2) is 10.6. The molecule has 3 aromatic carbocycles. The van der Waals surface area contributed by atoms with Gasteiger partial charge in [-0.2, -0.15) is 0 Å². The summed E-state index contributed by atoms with van der Waals surface area (Å²) in [4.78, 5) is 12.9. The molecule has 0 saturated carbocycles. The van der Waals surface area contributed by atoms with E-state index in [4.69, 9.17) is 9.84 Å². The van der Waals surface area contributed by atoms with E-state index in [1.54, 1.807) is 0 Å². The molecule has 4 nitrogen and oxygen atoms in total. The van der Waals surface area contributed by atoms with Gasteiger partial charge in [0.15, 0.2) is 0 Å². The quantitative estimate of drug-likeness (QED) is 0.503. The molecular weight excluding hydrogens is 398 g/mol. The van der Waals surface area contributed by atoms with Crippen LogP contribution in [-0.4, -0.2) is 42.7 Å². The van der Waals surface area contributed by atoms with E-state index in [-0.39, 0.29) is 12.5 Å². The second-order valence-electron chi connectivity index (χ2n) is 8.55. The number of carbonyl (C=O) groups is 1. The molecule has 0 bridgehead atoms. The number of likely N-dealkylation sites (N-methyl/N-ethyl adjacent to an activating group) is 1. The molecule has 2 atom stereocenters. The number of hydrogen-bond acceptors (Lipinski definition) is 3. The summed E-state index contributed by atoms with van der Waals surface area (Å²) in [7, 11) is 2.02. The van der Waals surface area contributed by atoms with Crippen LogP contribution in [0.1, 0.15) is 52.7 Å². The summed E-state index contributed by atoms with van der Waals surface area (Å²) in [6.07, 6.45) is 1.70. The molecule has 0 saturated heterocycles. The Labute approximate surface area is 190 Å². The topological polar surface area (TPSA) is 49.8 Å². The van der Waals surface area contributed by atoms with Gasteiger partial charge in [0.25, 0.3) is 0 Å². The van der Waals surface area contributed by atoms with E-state index >= 15 is 0 Å². The van der Waals surface area contributed by atoms with Gasteiger partial charge >= 0.3 is 5.97 Å². The Morgan fingerprint density at radius 1 is 0.906 bits per heavy atom. The standard InChI is InChI=1S/C28H31NO3/c1-29(17-9-16-27(30)31)18-19-32-28-23-13-6-5-12-22(23)20-26(21-10-3-2-4-11-21)24-14-7-8-15-25(24)28/h2-8,10-15,26,28H,9,16-20H2,1H3,(H,30,31). The number of nitrogens with zero attached hydrogens (tertiary/aromatic N) is 1. The van der Waals surface area contributed by atoms with E-state index in [1.165, 1.54) is 27.8 Å². The van der Waals surface area contributed by atoms with E-state index in [9.17, 15) is 4.79 Å². The Bertz CT molecular complexity index is 1030. The maximum Gasteiger partial charge on any atom is 0.303 e. The van der Waals surface area contributed by atoms with Crippen LogP contribution in [0.25, 0.3) is 0 Å². The molecule has 3 aromatic rings. The average Bonchev–Trinajstić information content (AvgIpc) is 2.95. The lowest BCUT2D eigenvalue weighted by atomic mass is 9.85. The van der Waals surface area contributed by atoms with E-state index in [0.29, 0.717) is 18.9 Å². The van der Waals surface area contributed by atoms with E-state index < -0.39 is 5.97 Å². The van der Waals surface area contributed by atoms with Crippen molar-refractivity contribution >= 4 is 5.97 Å². The molecule has 1 aliphatic carbocycles. The number of aliphatic carboxylic acids is 1. The van der Waals surface area contributed by atoms with Gasteiger partial charge in [0.05, 0.1) is 6.61 Å². The van der Waals surface area contributed by atoms with Crippen molar-refractivity contribution in [1.82, 2.24) is 4.90 Å². The third-order valence-corrected chi connectivity index (χ3v) is 6.31. The van der Waals surface area contributed by atoms with Crippen molar-refractivity contribution in [3.05, 3.63) is 107 Å². The third-order valence-electron chi connectivity index (χ3n) is 6.31. The smallest absolute Gasteiger partial charge is 0.303 e. The second-order valence-corrected chi connectivity index (χ2v) is 8.55. The van der Waals surface area contributed by atoms with Gasteiger partial charge in [-0.05, 0) is 54.3 Å². The van der Waals surface area contributed by atoms with Crippen LogP contribution >= 0.6 is 0 Å². The molecule has 0 spiro atoms. The van der Waals surface area contributed by atoms with Crippen molar-refractivity contribution in [2.45, 2.75) is 31.3 Å². The predicted octanol–water partition coefficient (Wildman–Crippen LogP) is 5.28. The first-order valence-corrected chi connectivity index (χ1v) is 11.4. The molecule has 2 unspecified atom stereocenters. The van der Waals surface area contributed by atoms with Crippen LogP contribution in [0.3, 0.4) is 0 Å². The number of fused-ring (bicyclic) bond motifs is 2. The molecule has 32 heavy (non-hydrogen) atoms. The number of rotatable bonds is 9. The van der Waals surface area contributed by atoms with E-state index in [0.717, 1.165) is 19.5 Å². The fraction of sp³-hybridized carbons (Fsp3) is 0.321. The Morgan fingerprint density at radius 2 is 1.56 bits per heavy atom. The minimum absolute atomic E-state index is 0.108. The lowest BCUT2D eigenvalue weighted by Crippen LogP contribution is -2.25. The lowest BCUT2D eigenvalue weighted by Gasteiger charge is -2.24. The highest BCUT2D eigenvalue weighted by molar-refractivity contribution is 5.66. The van der Waals surface area contributed by atoms with Crippen LogP contribution in [0, 0.1) is 0 Å². The zero-order chi connectivity index (χ0) is 22.3. The Hall–Kier alpha value is -2.95. The molecule has 0 heterocycles. The normalized spacial score (nSPS) is 17.4. The molecule has 0 radical (unpaired) electrons. The molecule has 0 amide bonds. The first kappa shape index (κ1) is 22.3. The van der Waals surface area contributed by atoms with Crippen LogP contribution in [0.15, 0.2) is 78.9 Å². The van der Waals surface area contributed by atoms with Gasteiger partial charge < -0.3 is 14.7 Å². The highest BCUT2D eigenvalue weighted by Crippen LogP contribution is 2.42. The SMILES string of the molecule is CN(CCCC(=O)O)CCOC1c2ccccc2CC(c2ccccc2)c2ccccc21. The summed E-state index contributed by atoms with van der Waals surface area (Å²) in [5, 5.41) is 8.85. The summed E-state index contributed by atoms with van der Waals surface area (Å²) < 4.78 is 6.54. The maximum absolute atomic E-state index is 10.8. The van der Waals surface area contributed by atoms with E-state index in [1.807, 2.05) is 7.05 Å². The van der Waals surface area contributed by atoms with Crippen molar-refractivity contribution in [2.24, 2.45) is 0 Å². The minimum atomic E-state index is -0.741. The molecule has 1 N–H and O–H groups in total. The van der Waals surface area contributed by atoms with Crippen molar-refractivity contribution in [3.63, 3.8) is 0 Å².